The van der Waals surface area contributed by atoms with Crippen LogP contribution in [0.1, 0.15) is 24.5 Å². The highest BCUT2D eigenvalue weighted by molar-refractivity contribution is 5.66. The van der Waals surface area contributed by atoms with Crippen LogP contribution < -0.4 is 10.6 Å². The number of carboxylic acids is 1. The maximum Gasteiger partial charge on any atom is 0.304 e. The number of hydrogen-bond donors (Lipinski definition) is 3. The van der Waals surface area contributed by atoms with Crippen LogP contribution in [-0.4, -0.2) is 30.2 Å². The summed E-state index contributed by atoms with van der Waals surface area (Å²) in [7, 11) is 0. The van der Waals surface area contributed by atoms with E-state index in [0.29, 0.717) is 12.6 Å². The molecule has 0 spiro atoms. The Labute approximate surface area is 107 Å². The Morgan fingerprint density at radius 2 is 2.33 bits per heavy atom. The summed E-state index contributed by atoms with van der Waals surface area (Å²) in [5, 5.41) is 15.1. The van der Waals surface area contributed by atoms with Gasteiger partial charge in [0.2, 0.25) is 0 Å². The zero-order chi connectivity index (χ0) is 13.0. The molecule has 1 aliphatic rings. The molecule has 18 heavy (non-hydrogen) atoms. The van der Waals surface area contributed by atoms with E-state index in [2.05, 4.69) is 35.8 Å². The van der Waals surface area contributed by atoms with Crippen LogP contribution in [0.15, 0.2) is 18.2 Å². The van der Waals surface area contributed by atoms with Gasteiger partial charge in [0, 0.05) is 18.3 Å². The molecule has 1 aromatic carbocycles. The van der Waals surface area contributed by atoms with Crippen LogP contribution in [0.5, 0.6) is 0 Å². The van der Waals surface area contributed by atoms with E-state index < -0.39 is 5.97 Å². The smallest absolute Gasteiger partial charge is 0.304 e. The molecule has 98 valence electrons. The van der Waals surface area contributed by atoms with Crippen molar-refractivity contribution in [2.75, 3.05) is 18.4 Å². The molecule has 1 heterocycles. The first-order valence-electron chi connectivity index (χ1n) is 6.46. The molecule has 0 aliphatic carbocycles. The summed E-state index contributed by atoms with van der Waals surface area (Å²) in [6.07, 6.45) is 2.22. The van der Waals surface area contributed by atoms with Gasteiger partial charge in [0.15, 0.2) is 0 Å². The van der Waals surface area contributed by atoms with E-state index in [1.165, 1.54) is 16.8 Å². The average molecular weight is 248 g/mol. The van der Waals surface area contributed by atoms with Crippen molar-refractivity contribution in [3.63, 3.8) is 0 Å². The van der Waals surface area contributed by atoms with Gasteiger partial charge in [-0.25, -0.2) is 0 Å². The lowest BCUT2D eigenvalue weighted by atomic mass is 10.0. The van der Waals surface area contributed by atoms with Crippen molar-refractivity contribution in [1.29, 1.82) is 0 Å². The van der Waals surface area contributed by atoms with Gasteiger partial charge >= 0.3 is 5.97 Å². The van der Waals surface area contributed by atoms with Gasteiger partial charge in [0.25, 0.3) is 0 Å². The molecule has 0 saturated carbocycles. The molecule has 0 radical (unpaired) electrons. The van der Waals surface area contributed by atoms with E-state index >= 15 is 0 Å². The van der Waals surface area contributed by atoms with Gasteiger partial charge in [-0.2, -0.15) is 0 Å². The fourth-order valence-electron chi connectivity index (χ4n) is 2.31. The lowest BCUT2D eigenvalue weighted by molar-refractivity contribution is -0.136. The normalized spacial score (nSPS) is 17.3. The Balaban J connectivity index is 1.77. The van der Waals surface area contributed by atoms with Crippen molar-refractivity contribution >= 4 is 11.7 Å². The number of carboxylic acid groups (broad SMARTS) is 1. The lowest BCUT2D eigenvalue weighted by Crippen LogP contribution is -2.20. The number of fused-ring (bicyclic) bond motifs is 1. The molecule has 0 bridgehead atoms. The zero-order valence-electron chi connectivity index (χ0n) is 10.7. The molecule has 3 N–H and O–H groups in total. The van der Waals surface area contributed by atoms with Gasteiger partial charge < -0.3 is 15.7 Å². The number of aliphatic carboxylic acids is 1. The molecule has 1 atom stereocenters. The minimum absolute atomic E-state index is 0.186. The molecular formula is C14H20N2O2. The third-order valence-corrected chi connectivity index (χ3v) is 3.20. The summed E-state index contributed by atoms with van der Waals surface area (Å²) in [4.78, 5) is 10.3. The number of benzene rings is 1. The summed E-state index contributed by atoms with van der Waals surface area (Å²) in [6, 6.07) is 7.07. The van der Waals surface area contributed by atoms with Crippen molar-refractivity contribution in [1.82, 2.24) is 5.32 Å². The SMILES string of the molecule is CC1Cc2cc(CCNCCC(=O)O)ccc2N1. The Kier molecular flexibility index (Phi) is 4.20. The predicted molar refractivity (Wildman–Crippen MR) is 72.1 cm³/mol. The number of hydrogen-bond acceptors (Lipinski definition) is 3. The van der Waals surface area contributed by atoms with Gasteiger partial charge in [-0.15, -0.1) is 0 Å². The second kappa shape index (κ2) is 5.87. The Hall–Kier alpha value is -1.55. The quantitative estimate of drug-likeness (QED) is 0.670. The Morgan fingerprint density at radius 1 is 1.50 bits per heavy atom. The van der Waals surface area contributed by atoms with Gasteiger partial charge in [-0.1, -0.05) is 12.1 Å². The van der Waals surface area contributed by atoms with Crippen LogP contribution in [0.3, 0.4) is 0 Å². The highest BCUT2D eigenvalue weighted by atomic mass is 16.4. The molecule has 0 saturated heterocycles. The van der Waals surface area contributed by atoms with E-state index in [-0.39, 0.29) is 6.42 Å². The third-order valence-electron chi connectivity index (χ3n) is 3.20. The summed E-state index contributed by atoms with van der Waals surface area (Å²) in [6.45, 7) is 3.56. The van der Waals surface area contributed by atoms with Gasteiger partial charge in [-0.05, 0) is 43.5 Å². The standard InChI is InChI=1S/C14H20N2O2/c1-10-8-12-9-11(2-3-13(12)16-10)4-6-15-7-5-14(17)18/h2-3,9-10,15-16H,4-8H2,1H3,(H,17,18). The molecule has 1 aromatic rings. The fraction of sp³-hybridized carbons (Fsp3) is 0.500. The lowest BCUT2D eigenvalue weighted by Gasteiger charge is -2.06. The largest absolute Gasteiger partial charge is 0.481 e. The van der Waals surface area contributed by atoms with E-state index in [1.807, 2.05) is 0 Å². The fourth-order valence-corrected chi connectivity index (χ4v) is 2.31. The van der Waals surface area contributed by atoms with Crippen LogP contribution in [0.4, 0.5) is 5.69 Å². The molecule has 0 aromatic heterocycles. The highest BCUT2D eigenvalue weighted by Gasteiger charge is 2.16. The third kappa shape index (κ3) is 3.47. The summed E-state index contributed by atoms with van der Waals surface area (Å²) in [5.74, 6) is -0.750. The maximum absolute atomic E-state index is 10.3. The van der Waals surface area contributed by atoms with Crippen molar-refractivity contribution in [3.05, 3.63) is 29.3 Å². The molecule has 2 rings (SSSR count). The molecule has 4 nitrogen and oxygen atoms in total. The number of rotatable bonds is 6. The van der Waals surface area contributed by atoms with Crippen molar-refractivity contribution < 1.29 is 9.90 Å². The summed E-state index contributed by atoms with van der Waals surface area (Å²) in [5.41, 5.74) is 3.96. The topological polar surface area (TPSA) is 61.4 Å². The first kappa shape index (κ1) is 12.9. The van der Waals surface area contributed by atoms with E-state index in [9.17, 15) is 4.79 Å². The summed E-state index contributed by atoms with van der Waals surface area (Å²) < 4.78 is 0. The van der Waals surface area contributed by atoms with Crippen LogP contribution >= 0.6 is 0 Å². The average Bonchev–Trinajstić information content (AvgIpc) is 2.67. The van der Waals surface area contributed by atoms with Crippen LogP contribution in [0.25, 0.3) is 0 Å². The van der Waals surface area contributed by atoms with Gasteiger partial charge in [0.1, 0.15) is 0 Å². The van der Waals surface area contributed by atoms with E-state index in [0.717, 1.165) is 19.4 Å². The van der Waals surface area contributed by atoms with E-state index in [1.54, 1.807) is 0 Å². The first-order valence-corrected chi connectivity index (χ1v) is 6.46. The number of carbonyl (C=O) groups is 1. The van der Waals surface area contributed by atoms with Crippen molar-refractivity contribution in [3.8, 4) is 0 Å². The number of nitrogens with one attached hydrogen (secondary N) is 2. The first-order chi connectivity index (χ1) is 8.65. The zero-order valence-corrected chi connectivity index (χ0v) is 10.7. The minimum atomic E-state index is -0.750. The van der Waals surface area contributed by atoms with E-state index in [4.69, 9.17) is 5.11 Å². The summed E-state index contributed by atoms with van der Waals surface area (Å²) >= 11 is 0. The highest BCUT2D eigenvalue weighted by Crippen LogP contribution is 2.26. The maximum atomic E-state index is 10.3. The Bertz CT molecular complexity index is 432. The Morgan fingerprint density at radius 3 is 3.11 bits per heavy atom. The molecule has 4 heteroatoms. The van der Waals surface area contributed by atoms with Gasteiger partial charge in [-0.3, -0.25) is 4.79 Å². The predicted octanol–water partition coefficient (Wildman–Crippen LogP) is 1.65. The van der Waals surface area contributed by atoms with Crippen molar-refractivity contribution in [2.45, 2.75) is 32.2 Å². The van der Waals surface area contributed by atoms with Crippen LogP contribution in [-0.2, 0) is 17.6 Å². The molecule has 1 unspecified atom stereocenters. The molecule has 0 amide bonds. The van der Waals surface area contributed by atoms with Crippen LogP contribution in [0, 0.1) is 0 Å². The molecular weight excluding hydrogens is 228 g/mol. The number of anilines is 1. The van der Waals surface area contributed by atoms with Crippen LogP contribution in [0.2, 0.25) is 0 Å². The second-order valence-electron chi connectivity index (χ2n) is 4.88. The van der Waals surface area contributed by atoms with Gasteiger partial charge in [0.05, 0.1) is 6.42 Å². The molecule has 0 fully saturated rings. The van der Waals surface area contributed by atoms with Crippen molar-refractivity contribution in [2.24, 2.45) is 0 Å². The second-order valence-corrected chi connectivity index (χ2v) is 4.88. The minimum Gasteiger partial charge on any atom is -0.481 e. The monoisotopic (exact) mass is 248 g/mol. The molecule has 1 aliphatic heterocycles.